The summed E-state index contributed by atoms with van der Waals surface area (Å²) in [5, 5.41) is 8.61. The normalized spacial score (nSPS) is 9.14. The topological polar surface area (TPSA) is 133 Å². The molecule has 0 atom stereocenters. The van der Waals surface area contributed by atoms with E-state index in [1.54, 1.807) is 24.8 Å². The molecule has 0 aliphatic rings. The van der Waals surface area contributed by atoms with E-state index in [4.69, 9.17) is 5.41 Å². The van der Waals surface area contributed by atoms with Crippen LogP contribution < -0.4 is 11.5 Å². The smallest absolute Gasteiger partial charge is 0.183 e. The number of H-pyrrole nitrogens is 2. The molecule has 0 fully saturated rings. The van der Waals surface area contributed by atoms with Gasteiger partial charge in [-0.15, -0.1) is 0 Å². The van der Waals surface area contributed by atoms with Gasteiger partial charge in [0.1, 0.15) is 0 Å². The van der Waals surface area contributed by atoms with Crippen molar-refractivity contribution in [1.29, 1.82) is 5.41 Å². The number of aromatic amines is 2. The van der Waals surface area contributed by atoms with Crippen molar-refractivity contribution >= 4 is 27.8 Å². The lowest BCUT2D eigenvalue weighted by Crippen LogP contribution is -2.20. The zero-order valence-electron chi connectivity index (χ0n) is 15.3. The van der Waals surface area contributed by atoms with Crippen LogP contribution in [0.1, 0.15) is 0 Å². The number of hydrogen-bond acceptors (Lipinski definition) is 3. The van der Waals surface area contributed by atoms with Gasteiger partial charge in [0.15, 0.2) is 5.96 Å². The van der Waals surface area contributed by atoms with Crippen molar-refractivity contribution in [1.82, 2.24) is 19.9 Å². The van der Waals surface area contributed by atoms with E-state index in [2.05, 4.69) is 67.8 Å². The van der Waals surface area contributed by atoms with Crippen LogP contribution in [-0.2, 0) is 0 Å². The third-order valence-corrected chi connectivity index (χ3v) is 3.40. The molecule has 5 aromatic rings. The van der Waals surface area contributed by atoms with Crippen LogP contribution in [0, 0.1) is 5.41 Å². The molecule has 0 amide bonds. The van der Waals surface area contributed by atoms with Gasteiger partial charge in [0.05, 0.1) is 0 Å². The minimum Gasteiger partial charge on any atom is -0.370 e. The maximum atomic E-state index is 6.06. The fourth-order valence-corrected chi connectivity index (χ4v) is 2.24. The van der Waals surface area contributed by atoms with Crippen LogP contribution in [0.3, 0.4) is 0 Å². The Balaban J connectivity index is 0.000000140. The molecule has 0 saturated carbocycles. The van der Waals surface area contributed by atoms with E-state index in [0.717, 1.165) is 0 Å². The predicted molar refractivity (Wildman–Crippen MR) is 115 cm³/mol. The lowest BCUT2D eigenvalue weighted by Gasteiger charge is -1.83. The molecule has 0 spiro atoms. The Morgan fingerprint density at radius 3 is 1.32 bits per heavy atom. The van der Waals surface area contributed by atoms with Gasteiger partial charge in [-0.1, -0.05) is 36.4 Å². The molecule has 28 heavy (non-hydrogen) atoms. The molecular formula is C21H23N7. The molecule has 0 aliphatic carbocycles. The van der Waals surface area contributed by atoms with Crippen molar-refractivity contribution < 1.29 is 0 Å². The fourth-order valence-electron chi connectivity index (χ4n) is 2.24. The average molecular weight is 373 g/mol. The van der Waals surface area contributed by atoms with Crippen LogP contribution in [0.4, 0.5) is 0 Å². The second kappa shape index (κ2) is 11.5. The molecule has 142 valence electrons. The van der Waals surface area contributed by atoms with Gasteiger partial charge in [0.2, 0.25) is 0 Å². The Labute approximate surface area is 163 Å². The van der Waals surface area contributed by atoms with Crippen molar-refractivity contribution in [3.05, 3.63) is 97.8 Å². The zero-order valence-corrected chi connectivity index (χ0v) is 15.3. The van der Waals surface area contributed by atoms with Crippen molar-refractivity contribution in [3.63, 3.8) is 0 Å². The Bertz CT molecular complexity index is 910. The first kappa shape index (κ1) is 20.2. The van der Waals surface area contributed by atoms with E-state index in [1.807, 2.05) is 36.7 Å². The van der Waals surface area contributed by atoms with E-state index in [0.29, 0.717) is 0 Å². The molecule has 0 bridgehead atoms. The minimum atomic E-state index is -0.333. The predicted octanol–water partition coefficient (Wildman–Crippen LogP) is 3.65. The van der Waals surface area contributed by atoms with Gasteiger partial charge in [-0.3, -0.25) is 15.4 Å². The number of nitrogens with two attached hydrogens (primary N) is 2. The summed E-state index contributed by atoms with van der Waals surface area (Å²) in [5.41, 5.74) is 11.4. The highest BCUT2D eigenvalue weighted by molar-refractivity contribution is 5.79. The lowest BCUT2D eigenvalue weighted by molar-refractivity contribution is 1.20. The summed E-state index contributed by atoms with van der Waals surface area (Å²) in [6, 6.07) is 20.6. The SMILES string of the molecule is N=C(N)N.c1ccc2[nH]ccc2c1.c1ccc2[nH]ccc2c1.c1cnccn1. The number of rotatable bonds is 0. The third kappa shape index (κ3) is 7.40. The summed E-state index contributed by atoms with van der Waals surface area (Å²) < 4.78 is 0. The molecule has 0 aliphatic heterocycles. The quantitative estimate of drug-likeness (QED) is 0.209. The van der Waals surface area contributed by atoms with Gasteiger partial charge in [-0.25, -0.2) is 0 Å². The molecule has 0 radical (unpaired) electrons. The van der Waals surface area contributed by atoms with Gasteiger partial charge in [0, 0.05) is 48.2 Å². The van der Waals surface area contributed by atoms with Gasteiger partial charge >= 0.3 is 0 Å². The molecule has 7 nitrogen and oxygen atoms in total. The Morgan fingerprint density at radius 1 is 0.643 bits per heavy atom. The van der Waals surface area contributed by atoms with E-state index >= 15 is 0 Å². The molecule has 0 saturated heterocycles. The highest BCUT2D eigenvalue weighted by atomic mass is 14.9. The van der Waals surface area contributed by atoms with Crippen LogP contribution in [0.2, 0.25) is 0 Å². The first-order valence-corrected chi connectivity index (χ1v) is 8.50. The molecule has 0 unspecified atom stereocenters. The fraction of sp³-hybridized carbons (Fsp3) is 0. The van der Waals surface area contributed by atoms with Crippen LogP contribution in [0.25, 0.3) is 21.8 Å². The van der Waals surface area contributed by atoms with Crippen LogP contribution in [-0.4, -0.2) is 25.9 Å². The molecule has 3 aromatic heterocycles. The number of hydrogen-bond donors (Lipinski definition) is 5. The molecule has 3 heterocycles. The second-order valence-corrected chi connectivity index (χ2v) is 5.48. The highest BCUT2D eigenvalue weighted by Crippen LogP contribution is 2.09. The number of fused-ring (bicyclic) bond motifs is 2. The largest absolute Gasteiger partial charge is 0.370 e. The number of nitrogens with one attached hydrogen (secondary N) is 3. The molecular weight excluding hydrogens is 350 g/mol. The molecule has 5 rings (SSSR count). The van der Waals surface area contributed by atoms with Crippen molar-refractivity contribution in [3.8, 4) is 0 Å². The second-order valence-electron chi connectivity index (χ2n) is 5.48. The summed E-state index contributed by atoms with van der Waals surface area (Å²) >= 11 is 0. The van der Waals surface area contributed by atoms with Crippen LogP contribution in [0.5, 0.6) is 0 Å². The maximum absolute atomic E-state index is 6.06. The van der Waals surface area contributed by atoms with E-state index < -0.39 is 0 Å². The summed E-state index contributed by atoms with van der Waals surface area (Å²) in [7, 11) is 0. The zero-order chi connectivity index (χ0) is 20.0. The Hall–Kier alpha value is -4.13. The van der Waals surface area contributed by atoms with Gasteiger partial charge in [-0.05, 0) is 35.0 Å². The van der Waals surface area contributed by atoms with Crippen LogP contribution in [0.15, 0.2) is 97.8 Å². The summed E-state index contributed by atoms with van der Waals surface area (Å²) in [6.45, 7) is 0. The monoisotopic (exact) mass is 373 g/mol. The van der Waals surface area contributed by atoms with Gasteiger partial charge in [0.25, 0.3) is 0 Å². The first-order chi connectivity index (χ1) is 13.7. The highest BCUT2D eigenvalue weighted by Gasteiger charge is 1.87. The maximum Gasteiger partial charge on any atom is 0.183 e. The molecule has 7 N–H and O–H groups in total. The van der Waals surface area contributed by atoms with Crippen molar-refractivity contribution in [2.45, 2.75) is 0 Å². The molecule has 7 heteroatoms. The van der Waals surface area contributed by atoms with Crippen molar-refractivity contribution in [2.75, 3.05) is 0 Å². The van der Waals surface area contributed by atoms with Crippen LogP contribution >= 0.6 is 0 Å². The van der Waals surface area contributed by atoms with E-state index in [-0.39, 0.29) is 5.96 Å². The standard InChI is InChI=1S/2C8H7N.C4H4N2.CH5N3/c2*1-2-4-8-7(3-1)5-6-9-8;1-2-6-4-3-5-1;2-1(3)4/h2*1-6,9H;1-4H;(H5,2,3,4). The summed E-state index contributed by atoms with van der Waals surface area (Å²) in [6.07, 6.45) is 10.5. The average Bonchev–Trinajstić information content (AvgIpc) is 3.39. The Kier molecular flexibility index (Phi) is 8.27. The van der Waals surface area contributed by atoms with E-state index in [9.17, 15) is 0 Å². The number of guanidine groups is 1. The summed E-state index contributed by atoms with van der Waals surface area (Å²) in [5.74, 6) is -0.333. The molecule has 2 aromatic carbocycles. The summed E-state index contributed by atoms with van der Waals surface area (Å²) in [4.78, 5) is 13.7. The number of aromatic nitrogens is 4. The number of benzene rings is 2. The minimum absolute atomic E-state index is 0.333. The van der Waals surface area contributed by atoms with E-state index in [1.165, 1.54) is 21.8 Å². The van der Waals surface area contributed by atoms with Gasteiger partial charge < -0.3 is 21.4 Å². The van der Waals surface area contributed by atoms with Gasteiger partial charge in [-0.2, -0.15) is 0 Å². The van der Waals surface area contributed by atoms with Crippen molar-refractivity contribution in [2.24, 2.45) is 11.5 Å². The number of para-hydroxylation sites is 2. The first-order valence-electron chi connectivity index (χ1n) is 8.50. The number of nitrogens with zero attached hydrogens (tertiary/aromatic N) is 2. The third-order valence-electron chi connectivity index (χ3n) is 3.40. The Morgan fingerprint density at radius 2 is 1.00 bits per heavy atom. The lowest BCUT2D eigenvalue weighted by atomic mass is 10.3.